The Kier molecular flexibility index (Phi) is 6.73. The molecule has 2 aliphatic rings. The highest BCUT2D eigenvalue weighted by Crippen LogP contribution is 2.17. The monoisotopic (exact) mass is 363 g/mol. The first-order valence-corrected chi connectivity index (χ1v) is 8.21. The van der Waals surface area contributed by atoms with E-state index in [1.165, 1.54) is 5.57 Å². The zero-order valence-corrected chi connectivity index (χ0v) is 14.7. The zero-order valence-electron chi connectivity index (χ0n) is 13.8. The number of carbonyl (C=O) groups is 3. The smallest absolute Gasteiger partial charge is 0.251 e. The number of benzene rings is 1. The van der Waals surface area contributed by atoms with Crippen molar-refractivity contribution in [2.75, 3.05) is 19.6 Å². The second-order valence-electron chi connectivity index (χ2n) is 6.21. The summed E-state index contributed by atoms with van der Waals surface area (Å²) >= 11 is 0. The Hall–Kier alpha value is -2.18. The van der Waals surface area contributed by atoms with Crippen LogP contribution in [0.25, 0.3) is 0 Å². The summed E-state index contributed by atoms with van der Waals surface area (Å²) in [5.41, 5.74) is 2.79. The van der Waals surface area contributed by atoms with Gasteiger partial charge >= 0.3 is 0 Å². The summed E-state index contributed by atoms with van der Waals surface area (Å²) in [6.45, 7) is 2.39. The summed E-state index contributed by atoms with van der Waals surface area (Å²) in [6, 6.07) is 7.20. The Balaban J connectivity index is 0.00000225. The number of hydrogen-bond acceptors (Lipinski definition) is 4. The molecule has 3 amide bonds. The molecule has 0 aromatic heterocycles. The lowest BCUT2D eigenvalue weighted by atomic mass is 9.97. The van der Waals surface area contributed by atoms with Gasteiger partial charge in [-0.15, -0.1) is 12.4 Å². The van der Waals surface area contributed by atoms with E-state index < -0.39 is 0 Å². The fourth-order valence-electron chi connectivity index (χ4n) is 2.97. The van der Waals surface area contributed by atoms with Crippen molar-refractivity contribution in [3.05, 3.63) is 47.0 Å². The highest BCUT2D eigenvalue weighted by Gasteiger charge is 2.30. The summed E-state index contributed by atoms with van der Waals surface area (Å²) < 4.78 is 0. The van der Waals surface area contributed by atoms with Crippen molar-refractivity contribution in [1.82, 2.24) is 16.0 Å². The van der Waals surface area contributed by atoms with Gasteiger partial charge in [-0.25, -0.2) is 0 Å². The third-order valence-electron chi connectivity index (χ3n) is 4.40. The Morgan fingerprint density at radius 2 is 1.96 bits per heavy atom. The van der Waals surface area contributed by atoms with Crippen LogP contribution in [0.15, 0.2) is 35.9 Å². The average Bonchev–Trinajstić information content (AvgIpc) is 2.91. The molecule has 1 fully saturated rings. The highest BCUT2D eigenvalue weighted by molar-refractivity contribution is 6.03. The van der Waals surface area contributed by atoms with E-state index in [2.05, 4.69) is 22.0 Å². The van der Waals surface area contributed by atoms with Crippen LogP contribution in [-0.2, 0) is 16.0 Å². The summed E-state index contributed by atoms with van der Waals surface area (Å²) in [4.78, 5) is 35.0. The van der Waals surface area contributed by atoms with Crippen molar-refractivity contribution in [2.45, 2.75) is 19.3 Å². The third kappa shape index (κ3) is 5.14. The standard InChI is InChI=1S/C18H21N3O3.ClH/c22-16-10-15(18(24)21-16)9-12-1-3-14(4-2-12)17(23)20-11-13-5-7-19-8-6-13;/h1-5,15,19H,6-11H2,(H,20,23)(H,21,22,24);1H. The summed E-state index contributed by atoms with van der Waals surface area (Å²) in [6.07, 6.45) is 3.83. The van der Waals surface area contributed by atoms with Crippen LogP contribution in [0.1, 0.15) is 28.8 Å². The van der Waals surface area contributed by atoms with Crippen molar-refractivity contribution in [1.29, 1.82) is 0 Å². The molecule has 25 heavy (non-hydrogen) atoms. The molecule has 6 nitrogen and oxygen atoms in total. The van der Waals surface area contributed by atoms with Gasteiger partial charge in [0.05, 0.1) is 5.92 Å². The highest BCUT2D eigenvalue weighted by atomic mass is 35.5. The van der Waals surface area contributed by atoms with Gasteiger partial charge < -0.3 is 10.6 Å². The van der Waals surface area contributed by atoms with Gasteiger partial charge in [0, 0.05) is 25.1 Å². The van der Waals surface area contributed by atoms with Crippen molar-refractivity contribution < 1.29 is 14.4 Å². The van der Waals surface area contributed by atoms with Crippen LogP contribution in [0.4, 0.5) is 0 Å². The minimum atomic E-state index is -0.302. The first-order chi connectivity index (χ1) is 11.6. The zero-order chi connectivity index (χ0) is 16.9. The van der Waals surface area contributed by atoms with Crippen LogP contribution >= 0.6 is 12.4 Å². The normalized spacial score (nSPS) is 19.7. The molecule has 0 aliphatic carbocycles. The van der Waals surface area contributed by atoms with Gasteiger partial charge in [-0.1, -0.05) is 23.8 Å². The maximum absolute atomic E-state index is 12.2. The van der Waals surface area contributed by atoms with Crippen LogP contribution in [0, 0.1) is 5.92 Å². The molecule has 1 aromatic rings. The van der Waals surface area contributed by atoms with Crippen LogP contribution in [0.2, 0.25) is 0 Å². The minimum Gasteiger partial charge on any atom is -0.348 e. The van der Waals surface area contributed by atoms with E-state index >= 15 is 0 Å². The van der Waals surface area contributed by atoms with Crippen molar-refractivity contribution in [2.24, 2.45) is 5.92 Å². The lowest BCUT2D eigenvalue weighted by molar-refractivity contribution is -0.125. The van der Waals surface area contributed by atoms with E-state index in [0.717, 1.165) is 25.1 Å². The van der Waals surface area contributed by atoms with Crippen LogP contribution < -0.4 is 16.0 Å². The molecule has 2 heterocycles. The van der Waals surface area contributed by atoms with Gasteiger partial charge in [-0.05, 0) is 37.1 Å². The second kappa shape index (κ2) is 8.78. The lowest BCUT2D eigenvalue weighted by Crippen LogP contribution is -2.29. The molecule has 1 atom stereocenters. The van der Waals surface area contributed by atoms with E-state index in [1.807, 2.05) is 12.1 Å². The van der Waals surface area contributed by atoms with Gasteiger partial charge in [-0.2, -0.15) is 0 Å². The Labute approximate surface area is 152 Å². The Morgan fingerprint density at radius 3 is 2.56 bits per heavy atom. The number of halogens is 1. The van der Waals surface area contributed by atoms with Crippen molar-refractivity contribution in [3.8, 4) is 0 Å². The fraction of sp³-hybridized carbons (Fsp3) is 0.389. The van der Waals surface area contributed by atoms with E-state index in [9.17, 15) is 14.4 Å². The van der Waals surface area contributed by atoms with E-state index in [4.69, 9.17) is 0 Å². The third-order valence-corrected chi connectivity index (χ3v) is 4.40. The topological polar surface area (TPSA) is 87.3 Å². The summed E-state index contributed by atoms with van der Waals surface area (Å²) in [5, 5.41) is 8.48. The molecule has 1 saturated heterocycles. The fourth-order valence-corrected chi connectivity index (χ4v) is 2.97. The summed E-state index contributed by atoms with van der Waals surface area (Å²) in [5.74, 6) is -0.830. The van der Waals surface area contributed by atoms with E-state index in [1.54, 1.807) is 12.1 Å². The van der Waals surface area contributed by atoms with Gasteiger partial charge in [-0.3, -0.25) is 19.7 Å². The van der Waals surface area contributed by atoms with Gasteiger partial charge in [0.15, 0.2) is 0 Å². The maximum atomic E-state index is 12.2. The molecule has 7 heteroatoms. The van der Waals surface area contributed by atoms with E-state index in [0.29, 0.717) is 18.5 Å². The predicted octanol–water partition coefficient (Wildman–Crippen LogP) is 0.963. The first-order valence-electron chi connectivity index (χ1n) is 8.21. The molecular weight excluding hydrogens is 342 g/mol. The SMILES string of the molecule is Cl.O=C1CC(Cc2ccc(C(=O)NCC3=CCNCC3)cc2)C(=O)N1. The number of rotatable bonds is 5. The first kappa shape index (κ1) is 19.1. The number of amides is 3. The second-order valence-corrected chi connectivity index (χ2v) is 6.21. The quantitative estimate of drug-likeness (QED) is 0.537. The molecule has 134 valence electrons. The number of nitrogens with one attached hydrogen (secondary N) is 3. The van der Waals surface area contributed by atoms with Crippen LogP contribution in [0.5, 0.6) is 0 Å². The largest absolute Gasteiger partial charge is 0.348 e. The molecule has 0 radical (unpaired) electrons. The van der Waals surface area contributed by atoms with Gasteiger partial charge in [0.2, 0.25) is 11.8 Å². The number of hydrogen-bond donors (Lipinski definition) is 3. The van der Waals surface area contributed by atoms with Gasteiger partial charge in [0.25, 0.3) is 5.91 Å². The molecule has 0 spiro atoms. The molecule has 3 rings (SSSR count). The Bertz CT molecular complexity index is 685. The molecule has 0 saturated carbocycles. The predicted molar refractivity (Wildman–Crippen MR) is 96.6 cm³/mol. The lowest BCUT2D eigenvalue weighted by Gasteiger charge is -2.14. The van der Waals surface area contributed by atoms with E-state index in [-0.39, 0.29) is 42.5 Å². The maximum Gasteiger partial charge on any atom is 0.251 e. The molecular formula is C18H22ClN3O3. The van der Waals surface area contributed by atoms with Crippen molar-refractivity contribution >= 4 is 30.1 Å². The molecule has 0 bridgehead atoms. The Morgan fingerprint density at radius 1 is 1.20 bits per heavy atom. The van der Waals surface area contributed by atoms with Gasteiger partial charge in [0.1, 0.15) is 0 Å². The van der Waals surface area contributed by atoms with Crippen LogP contribution in [-0.4, -0.2) is 37.4 Å². The number of imide groups is 1. The van der Waals surface area contributed by atoms with Crippen molar-refractivity contribution in [3.63, 3.8) is 0 Å². The molecule has 2 aliphatic heterocycles. The molecule has 1 unspecified atom stereocenters. The summed E-state index contributed by atoms with van der Waals surface area (Å²) in [7, 11) is 0. The minimum absolute atomic E-state index is 0. The van der Waals surface area contributed by atoms with Crippen LogP contribution in [0.3, 0.4) is 0 Å². The molecule has 1 aromatic carbocycles. The average molecular weight is 364 g/mol. The molecule has 3 N–H and O–H groups in total. The number of carbonyl (C=O) groups excluding carboxylic acids is 3.